The number of phenolic OH excluding ortho intramolecular Hbond substituents is 1. The second-order valence-corrected chi connectivity index (χ2v) is 8.02. The number of nitrogens with one attached hydrogen (secondary N) is 1. The van der Waals surface area contributed by atoms with Crippen LogP contribution in [0.25, 0.3) is 21.3 Å². The zero-order valence-corrected chi connectivity index (χ0v) is 17.2. The van der Waals surface area contributed by atoms with Crippen LogP contribution in [0.1, 0.15) is 17.4 Å². The number of hydrogen-bond acceptors (Lipinski definition) is 6. The number of benzene rings is 2. The smallest absolute Gasteiger partial charge is 0.326 e. The Morgan fingerprint density at radius 2 is 1.93 bits per heavy atom. The Morgan fingerprint density at radius 3 is 2.63 bits per heavy atom. The maximum atomic E-state index is 12.0. The molecule has 0 spiro atoms. The molecule has 0 saturated carbocycles. The van der Waals surface area contributed by atoms with Crippen LogP contribution in [0.5, 0.6) is 5.75 Å². The fourth-order valence-corrected chi connectivity index (χ4v) is 4.62. The van der Waals surface area contributed by atoms with Crippen molar-refractivity contribution in [3.8, 4) is 16.9 Å². The summed E-state index contributed by atoms with van der Waals surface area (Å²) in [7, 11) is 0. The van der Waals surface area contributed by atoms with E-state index in [0.29, 0.717) is 12.2 Å². The average Bonchev–Trinajstić information content (AvgIpc) is 3.13. The Hall–Kier alpha value is -3.45. The van der Waals surface area contributed by atoms with Crippen molar-refractivity contribution >= 4 is 33.3 Å². The zero-order valence-electron chi connectivity index (χ0n) is 16.4. The molecule has 30 heavy (non-hydrogen) atoms. The van der Waals surface area contributed by atoms with Crippen molar-refractivity contribution in [1.82, 2.24) is 9.97 Å². The van der Waals surface area contributed by atoms with Crippen LogP contribution < -0.4 is 5.32 Å². The molecule has 3 N–H and O–H groups in total. The van der Waals surface area contributed by atoms with Gasteiger partial charge in [0.25, 0.3) is 0 Å². The van der Waals surface area contributed by atoms with Crippen molar-refractivity contribution in [1.29, 1.82) is 0 Å². The fraction of sp³-hybridized carbons (Fsp3) is 0.174. The van der Waals surface area contributed by atoms with Crippen LogP contribution in [0.15, 0.2) is 60.9 Å². The Bertz CT molecular complexity index is 1190. The van der Waals surface area contributed by atoms with Crippen LogP contribution in [0.4, 0.5) is 5.82 Å². The van der Waals surface area contributed by atoms with Crippen molar-refractivity contribution in [3.05, 3.63) is 71.4 Å². The van der Waals surface area contributed by atoms with Gasteiger partial charge >= 0.3 is 5.97 Å². The second-order valence-electron chi connectivity index (χ2n) is 6.93. The lowest BCUT2D eigenvalue weighted by Gasteiger charge is -2.16. The van der Waals surface area contributed by atoms with Gasteiger partial charge in [0.05, 0.1) is 5.39 Å². The first-order chi connectivity index (χ1) is 14.6. The minimum Gasteiger partial charge on any atom is -0.508 e. The number of hydrogen-bond donors (Lipinski definition) is 3. The molecule has 0 aliphatic carbocycles. The summed E-state index contributed by atoms with van der Waals surface area (Å²) in [6.07, 6.45) is 2.57. The number of phenols is 1. The molecule has 2 aromatic carbocycles. The molecule has 0 saturated heterocycles. The number of anilines is 1. The summed E-state index contributed by atoms with van der Waals surface area (Å²) < 4.78 is 0. The summed E-state index contributed by atoms with van der Waals surface area (Å²) in [6.45, 7) is 2.06. The Kier molecular flexibility index (Phi) is 5.63. The summed E-state index contributed by atoms with van der Waals surface area (Å²) in [5.74, 6) is -0.291. The van der Waals surface area contributed by atoms with E-state index in [2.05, 4.69) is 22.2 Å². The molecule has 4 aromatic rings. The van der Waals surface area contributed by atoms with Gasteiger partial charge < -0.3 is 15.5 Å². The summed E-state index contributed by atoms with van der Waals surface area (Å²) in [5, 5.41) is 23.7. The second kappa shape index (κ2) is 8.51. The highest BCUT2D eigenvalue weighted by Crippen LogP contribution is 2.42. The molecular formula is C23H21N3O3S. The quantitative estimate of drug-likeness (QED) is 0.401. The summed E-state index contributed by atoms with van der Waals surface area (Å²) in [4.78, 5) is 22.7. The number of rotatable bonds is 7. The lowest BCUT2D eigenvalue weighted by Crippen LogP contribution is -2.32. The molecule has 1 atom stereocenters. The van der Waals surface area contributed by atoms with E-state index in [-0.39, 0.29) is 5.75 Å². The Labute approximate surface area is 177 Å². The minimum atomic E-state index is -0.949. The SMILES string of the molecule is CCc1sc2ncnc(N[C@@H](Cc3ccccc3)C(=O)O)c2c1-c1cccc(O)c1. The molecule has 0 aliphatic heterocycles. The van der Waals surface area contributed by atoms with E-state index in [0.717, 1.165) is 38.2 Å². The van der Waals surface area contributed by atoms with Crippen LogP contribution in [-0.2, 0) is 17.6 Å². The lowest BCUT2D eigenvalue weighted by molar-refractivity contribution is -0.137. The lowest BCUT2D eigenvalue weighted by atomic mass is 10.0. The van der Waals surface area contributed by atoms with Crippen LogP contribution in [0.3, 0.4) is 0 Å². The van der Waals surface area contributed by atoms with E-state index >= 15 is 0 Å². The van der Waals surface area contributed by atoms with E-state index in [9.17, 15) is 15.0 Å². The number of aliphatic carboxylic acids is 1. The van der Waals surface area contributed by atoms with E-state index in [1.54, 1.807) is 29.5 Å². The third-order valence-corrected chi connectivity index (χ3v) is 6.15. The van der Waals surface area contributed by atoms with E-state index in [1.165, 1.54) is 6.33 Å². The number of aryl methyl sites for hydroxylation is 1. The number of aromatic hydroxyl groups is 1. The Morgan fingerprint density at radius 1 is 1.13 bits per heavy atom. The summed E-state index contributed by atoms with van der Waals surface area (Å²) in [6, 6.07) is 15.7. The van der Waals surface area contributed by atoms with Gasteiger partial charge in [0.2, 0.25) is 0 Å². The highest BCUT2D eigenvalue weighted by molar-refractivity contribution is 7.19. The molecule has 4 rings (SSSR count). The van der Waals surface area contributed by atoms with Crippen LogP contribution >= 0.6 is 11.3 Å². The normalized spacial score (nSPS) is 12.0. The van der Waals surface area contributed by atoms with Crippen LogP contribution in [0.2, 0.25) is 0 Å². The van der Waals surface area contributed by atoms with Crippen molar-refractivity contribution < 1.29 is 15.0 Å². The maximum absolute atomic E-state index is 12.0. The highest BCUT2D eigenvalue weighted by Gasteiger charge is 2.23. The van der Waals surface area contributed by atoms with Gasteiger partial charge in [-0.15, -0.1) is 11.3 Å². The molecule has 0 radical (unpaired) electrons. The molecule has 0 unspecified atom stereocenters. The topological polar surface area (TPSA) is 95.3 Å². The van der Waals surface area contributed by atoms with E-state index in [4.69, 9.17) is 0 Å². The standard InChI is InChI=1S/C23H21N3O3S/c1-2-18-19(15-9-6-10-16(27)12-15)20-21(24-13-25-22(20)30-18)26-17(23(28)29)11-14-7-4-3-5-8-14/h3-10,12-13,17,27H,2,11H2,1H3,(H,28,29)(H,24,25,26)/t17-/m0/s1. The molecule has 0 fully saturated rings. The average molecular weight is 420 g/mol. The predicted octanol–water partition coefficient (Wildman–Crippen LogP) is 4.73. The molecule has 152 valence electrons. The number of carboxylic acids is 1. The van der Waals surface area contributed by atoms with Crippen molar-refractivity contribution in [2.24, 2.45) is 0 Å². The molecule has 2 aromatic heterocycles. The number of carbonyl (C=O) groups is 1. The number of aromatic nitrogens is 2. The first-order valence-electron chi connectivity index (χ1n) is 9.66. The fourth-order valence-electron chi connectivity index (χ4n) is 3.52. The first-order valence-corrected chi connectivity index (χ1v) is 10.5. The highest BCUT2D eigenvalue weighted by atomic mass is 32.1. The maximum Gasteiger partial charge on any atom is 0.326 e. The van der Waals surface area contributed by atoms with Crippen LogP contribution in [0, 0.1) is 0 Å². The molecule has 6 nitrogen and oxygen atoms in total. The number of fused-ring (bicyclic) bond motifs is 1. The molecule has 2 heterocycles. The molecule has 7 heteroatoms. The van der Waals surface area contributed by atoms with Crippen molar-refractivity contribution in [2.45, 2.75) is 25.8 Å². The largest absolute Gasteiger partial charge is 0.508 e. The van der Waals surface area contributed by atoms with Gasteiger partial charge in [-0.2, -0.15) is 0 Å². The summed E-state index contributed by atoms with van der Waals surface area (Å²) >= 11 is 1.56. The third kappa shape index (κ3) is 3.97. The van der Waals surface area contributed by atoms with Gasteiger partial charge in [-0.25, -0.2) is 14.8 Å². The molecular weight excluding hydrogens is 398 g/mol. The van der Waals surface area contributed by atoms with Crippen molar-refractivity contribution in [3.63, 3.8) is 0 Å². The predicted molar refractivity (Wildman–Crippen MR) is 119 cm³/mol. The minimum absolute atomic E-state index is 0.174. The summed E-state index contributed by atoms with van der Waals surface area (Å²) in [5.41, 5.74) is 2.71. The van der Waals surface area contributed by atoms with E-state index in [1.807, 2.05) is 36.4 Å². The van der Waals surface area contributed by atoms with E-state index < -0.39 is 12.0 Å². The number of thiophene rings is 1. The molecule has 0 aliphatic rings. The van der Waals surface area contributed by atoms with Crippen LogP contribution in [-0.4, -0.2) is 32.2 Å². The molecule has 0 bridgehead atoms. The number of carboxylic acid groups (broad SMARTS) is 1. The van der Waals surface area contributed by atoms with Gasteiger partial charge in [0, 0.05) is 16.9 Å². The van der Waals surface area contributed by atoms with Gasteiger partial charge in [0.15, 0.2) is 0 Å². The number of nitrogens with zero attached hydrogens (tertiary/aromatic N) is 2. The van der Waals surface area contributed by atoms with Gasteiger partial charge in [-0.3, -0.25) is 0 Å². The third-order valence-electron chi connectivity index (χ3n) is 4.91. The van der Waals surface area contributed by atoms with Gasteiger partial charge in [0.1, 0.15) is 28.8 Å². The molecule has 0 amide bonds. The Balaban J connectivity index is 1.80. The van der Waals surface area contributed by atoms with Crippen molar-refractivity contribution in [2.75, 3.05) is 5.32 Å². The first kappa shape index (κ1) is 19.8. The van der Waals surface area contributed by atoms with Gasteiger partial charge in [-0.05, 0) is 29.7 Å². The zero-order chi connectivity index (χ0) is 21.1. The monoisotopic (exact) mass is 419 g/mol. The van der Waals surface area contributed by atoms with Gasteiger partial charge in [-0.1, -0.05) is 49.4 Å².